The van der Waals surface area contributed by atoms with Crippen LogP contribution < -0.4 is 0 Å². The lowest BCUT2D eigenvalue weighted by Crippen LogP contribution is -2.25. The number of rotatable bonds is 8. The Labute approximate surface area is 101 Å². The van der Waals surface area contributed by atoms with Gasteiger partial charge in [-0.2, -0.15) is 0 Å². The molecule has 0 aromatic carbocycles. The van der Waals surface area contributed by atoms with Crippen molar-refractivity contribution in [3.05, 3.63) is 11.8 Å². The normalized spacial score (nSPS) is 13.1. The van der Waals surface area contributed by atoms with Crippen molar-refractivity contribution in [2.24, 2.45) is 0 Å². The predicted octanol–water partition coefficient (Wildman–Crippen LogP) is 3.67. The van der Waals surface area contributed by atoms with E-state index < -0.39 is 16.7 Å². The summed E-state index contributed by atoms with van der Waals surface area (Å²) >= 11 is 0. The lowest BCUT2D eigenvalue weighted by molar-refractivity contribution is 0.147. The molecule has 6 heteroatoms. The van der Waals surface area contributed by atoms with Crippen LogP contribution in [0.5, 0.6) is 0 Å². The fourth-order valence-electron chi connectivity index (χ4n) is 0.875. The zero-order valence-electron chi connectivity index (χ0n) is 11.1. The Kier molecular flexibility index (Phi) is 8.02. The minimum absolute atomic E-state index is 0.507. The Balaban J connectivity index is 4.48. The Morgan fingerprint density at radius 2 is 1.62 bits per heavy atom. The molecular formula is C10H23O4PSi. The van der Waals surface area contributed by atoms with Gasteiger partial charge in [-0.1, -0.05) is 0 Å². The van der Waals surface area contributed by atoms with Gasteiger partial charge >= 0.3 is 0 Å². The van der Waals surface area contributed by atoms with Crippen LogP contribution in [0, 0.1) is 0 Å². The van der Waals surface area contributed by atoms with E-state index in [1.54, 1.807) is 12.9 Å². The SMILES string of the molecule is CCOP(/C=C(\OC)O[Si](C)(C)C)OCC. The highest BCUT2D eigenvalue weighted by molar-refractivity contribution is 7.50. The van der Waals surface area contributed by atoms with E-state index in [0.29, 0.717) is 19.2 Å². The summed E-state index contributed by atoms with van der Waals surface area (Å²) in [6.07, 6.45) is 0. The first-order valence-electron chi connectivity index (χ1n) is 5.42. The first kappa shape index (κ1) is 15.9. The molecule has 0 fully saturated rings. The van der Waals surface area contributed by atoms with E-state index in [2.05, 4.69) is 19.6 Å². The lowest BCUT2D eigenvalue weighted by atomic mass is 10.9. The minimum Gasteiger partial charge on any atom is -0.520 e. The highest BCUT2D eigenvalue weighted by atomic mass is 31.2. The molecule has 0 aromatic rings. The van der Waals surface area contributed by atoms with Gasteiger partial charge in [-0.25, -0.2) is 0 Å². The molecule has 0 aromatic heterocycles. The molecular weight excluding hydrogens is 243 g/mol. The van der Waals surface area contributed by atoms with E-state index in [1.165, 1.54) is 0 Å². The second kappa shape index (κ2) is 8.07. The van der Waals surface area contributed by atoms with Crippen molar-refractivity contribution in [2.45, 2.75) is 33.5 Å². The van der Waals surface area contributed by atoms with E-state index in [9.17, 15) is 0 Å². The van der Waals surface area contributed by atoms with Crippen molar-refractivity contribution in [3.8, 4) is 0 Å². The van der Waals surface area contributed by atoms with Crippen molar-refractivity contribution < 1.29 is 18.2 Å². The third-order valence-electron chi connectivity index (χ3n) is 1.33. The lowest BCUT2D eigenvalue weighted by Gasteiger charge is -2.21. The summed E-state index contributed by atoms with van der Waals surface area (Å²) in [5, 5.41) is 0. The van der Waals surface area contributed by atoms with Crippen molar-refractivity contribution in [1.82, 2.24) is 0 Å². The molecule has 0 atom stereocenters. The van der Waals surface area contributed by atoms with Gasteiger partial charge in [-0.05, 0) is 33.5 Å². The molecule has 0 bridgehead atoms. The zero-order valence-corrected chi connectivity index (χ0v) is 13.0. The van der Waals surface area contributed by atoms with Gasteiger partial charge in [-0.15, -0.1) is 0 Å². The van der Waals surface area contributed by atoms with Gasteiger partial charge in [0.2, 0.25) is 16.7 Å². The average molecular weight is 266 g/mol. The van der Waals surface area contributed by atoms with E-state index in [4.69, 9.17) is 18.2 Å². The number of ether oxygens (including phenoxy) is 1. The topological polar surface area (TPSA) is 36.9 Å². The molecule has 0 aliphatic rings. The van der Waals surface area contributed by atoms with Gasteiger partial charge in [0.1, 0.15) is 0 Å². The maximum Gasteiger partial charge on any atom is 0.270 e. The van der Waals surface area contributed by atoms with Crippen LogP contribution in [0.4, 0.5) is 0 Å². The molecule has 4 nitrogen and oxygen atoms in total. The van der Waals surface area contributed by atoms with Gasteiger partial charge in [0.05, 0.1) is 26.1 Å². The molecule has 0 amide bonds. The summed E-state index contributed by atoms with van der Waals surface area (Å²) in [5.74, 6) is 2.30. The molecule has 0 aliphatic heterocycles. The first-order chi connectivity index (χ1) is 7.42. The summed E-state index contributed by atoms with van der Waals surface area (Å²) < 4.78 is 21.8. The molecule has 96 valence electrons. The standard InChI is InChI=1S/C10H23O4PSi/c1-7-12-15(13-8-2)9-10(11-3)14-16(4,5)6/h9H,7-8H2,1-6H3/b10-9+. The molecule has 0 saturated carbocycles. The van der Waals surface area contributed by atoms with Crippen LogP contribution in [0.1, 0.15) is 13.8 Å². The highest BCUT2D eigenvalue weighted by Gasteiger charge is 2.19. The maximum absolute atomic E-state index is 5.74. The molecule has 0 spiro atoms. The third kappa shape index (κ3) is 8.10. The fourth-order valence-corrected chi connectivity index (χ4v) is 2.78. The predicted molar refractivity (Wildman–Crippen MR) is 69.7 cm³/mol. The van der Waals surface area contributed by atoms with Crippen LogP contribution >= 0.6 is 8.38 Å². The second-order valence-electron chi connectivity index (χ2n) is 3.99. The summed E-state index contributed by atoms with van der Waals surface area (Å²) in [7, 11) is -1.10. The zero-order chi connectivity index (χ0) is 12.6. The number of methoxy groups -OCH3 is 1. The molecule has 0 saturated heterocycles. The summed E-state index contributed by atoms with van der Waals surface area (Å²) in [4.78, 5) is 0. The largest absolute Gasteiger partial charge is 0.520 e. The van der Waals surface area contributed by atoms with E-state index in [0.717, 1.165) is 0 Å². The van der Waals surface area contributed by atoms with Crippen molar-refractivity contribution in [3.63, 3.8) is 0 Å². The van der Waals surface area contributed by atoms with Crippen molar-refractivity contribution in [2.75, 3.05) is 20.3 Å². The fraction of sp³-hybridized carbons (Fsp3) is 0.800. The molecule has 0 aliphatic carbocycles. The van der Waals surface area contributed by atoms with Crippen LogP contribution in [0.3, 0.4) is 0 Å². The van der Waals surface area contributed by atoms with Crippen LogP contribution in [0.25, 0.3) is 0 Å². The molecule has 0 rings (SSSR count). The van der Waals surface area contributed by atoms with Crippen molar-refractivity contribution in [1.29, 1.82) is 0 Å². The first-order valence-corrected chi connectivity index (χ1v) is 10.1. The van der Waals surface area contributed by atoms with Gasteiger partial charge in [0.25, 0.3) is 5.95 Å². The summed E-state index contributed by atoms with van der Waals surface area (Å²) in [5.41, 5.74) is 0. The molecule has 0 heterocycles. The summed E-state index contributed by atoms with van der Waals surface area (Å²) in [6.45, 7) is 11.4. The smallest absolute Gasteiger partial charge is 0.270 e. The molecule has 0 unspecified atom stereocenters. The van der Waals surface area contributed by atoms with Gasteiger partial charge in [0.15, 0.2) is 0 Å². The Bertz CT molecular complexity index is 209. The highest BCUT2D eigenvalue weighted by Crippen LogP contribution is 2.41. The van der Waals surface area contributed by atoms with Crippen LogP contribution in [-0.2, 0) is 18.2 Å². The molecule has 0 N–H and O–H groups in total. The van der Waals surface area contributed by atoms with Crippen LogP contribution in [0.15, 0.2) is 11.8 Å². The number of hydrogen-bond donors (Lipinski definition) is 0. The van der Waals surface area contributed by atoms with Crippen LogP contribution in [0.2, 0.25) is 19.6 Å². The van der Waals surface area contributed by atoms with E-state index in [1.807, 2.05) is 13.8 Å². The van der Waals surface area contributed by atoms with Gasteiger partial charge in [0, 0.05) is 0 Å². The van der Waals surface area contributed by atoms with E-state index >= 15 is 0 Å². The summed E-state index contributed by atoms with van der Waals surface area (Å²) in [6, 6.07) is 0. The minimum atomic E-state index is -1.65. The third-order valence-corrected chi connectivity index (χ3v) is 3.59. The Morgan fingerprint density at radius 1 is 1.12 bits per heavy atom. The van der Waals surface area contributed by atoms with Crippen LogP contribution in [-0.4, -0.2) is 28.6 Å². The Hall–Kier alpha value is -0.0931. The average Bonchev–Trinajstić information content (AvgIpc) is 2.15. The van der Waals surface area contributed by atoms with E-state index in [-0.39, 0.29) is 0 Å². The van der Waals surface area contributed by atoms with Crippen molar-refractivity contribution >= 4 is 16.7 Å². The van der Waals surface area contributed by atoms with Gasteiger partial charge in [-0.3, -0.25) is 0 Å². The number of hydrogen-bond acceptors (Lipinski definition) is 4. The monoisotopic (exact) mass is 266 g/mol. The Morgan fingerprint density at radius 3 is 1.94 bits per heavy atom. The second-order valence-corrected chi connectivity index (χ2v) is 9.76. The van der Waals surface area contributed by atoms with Gasteiger partial charge < -0.3 is 18.2 Å². The maximum atomic E-state index is 5.74. The molecule has 0 radical (unpaired) electrons. The molecule has 16 heavy (non-hydrogen) atoms. The quantitative estimate of drug-likeness (QED) is 0.381.